The van der Waals surface area contributed by atoms with Gasteiger partial charge >= 0.3 is 0 Å². The molecule has 0 amide bonds. The van der Waals surface area contributed by atoms with Crippen molar-refractivity contribution in [1.29, 1.82) is 0 Å². The van der Waals surface area contributed by atoms with E-state index in [2.05, 4.69) is 15.9 Å². The van der Waals surface area contributed by atoms with Gasteiger partial charge in [0.25, 0.3) is 0 Å². The van der Waals surface area contributed by atoms with Crippen LogP contribution in [0.1, 0.15) is 44.9 Å². The second kappa shape index (κ2) is 5.63. The normalized spacial score (nSPS) is 28.8. The van der Waals surface area contributed by atoms with Crippen molar-refractivity contribution in [2.75, 3.05) is 0 Å². The molecule has 0 saturated heterocycles. The van der Waals surface area contributed by atoms with Crippen LogP contribution in [0.15, 0.2) is 18.2 Å². The topological polar surface area (TPSA) is 9.23 Å². The lowest BCUT2D eigenvalue weighted by Crippen LogP contribution is -2.56. The molecule has 2 aliphatic carbocycles. The molecule has 2 unspecified atom stereocenters. The van der Waals surface area contributed by atoms with Gasteiger partial charge in [-0.1, -0.05) is 41.6 Å². The molecule has 2 atom stereocenters. The Morgan fingerprint density at radius 1 is 1.10 bits per heavy atom. The van der Waals surface area contributed by atoms with E-state index < -0.39 is 11.6 Å². The fourth-order valence-electron chi connectivity index (χ4n) is 3.61. The van der Waals surface area contributed by atoms with E-state index in [4.69, 9.17) is 4.74 Å². The van der Waals surface area contributed by atoms with Crippen molar-refractivity contribution >= 4 is 15.9 Å². The second-order valence-corrected chi connectivity index (χ2v) is 7.14. The molecule has 0 heterocycles. The molecule has 1 aromatic rings. The van der Waals surface area contributed by atoms with Gasteiger partial charge in [0.15, 0.2) is 11.6 Å². The summed E-state index contributed by atoms with van der Waals surface area (Å²) in [7, 11) is 0. The number of alkyl halides is 1. The number of ether oxygens (including phenoxy) is 1. The Morgan fingerprint density at radius 3 is 2.40 bits per heavy atom. The van der Waals surface area contributed by atoms with Crippen LogP contribution < -0.4 is 4.74 Å². The van der Waals surface area contributed by atoms with Crippen LogP contribution in [-0.2, 0) is 0 Å². The summed E-state index contributed by atoms with van der Waals surface area (Å²) >= 11 is 3.76. The van der Waals surface area contributed by atoms with Crippen LogP contribution in [0.2, 0.25) is 0 Å². The summed E-state index contributed by atoms with van der Waals surface area (Å²) in [4.78, 5) is 0.460. The minimum absolute atomic E-state index is 0.0462. The largest absolute Gasteiger partial charge is 0.487 e. The molecule has 20 heavy (non-hydrogen) atoms. The van der Waals surface area contributed by atoms with Gasteiger partial charge in [-0.3, -0.25) is 0 Å². The minimum atomic E-state index is -0.605. The van der Waals surface area contributed by atoms with Crippen molar-refractivity contribution in [2.45, 2.75) is 55.9 Å². The van der Waals surface area contributed by atoms with Gasteiger partial charge in [0.05, 0.1) is 0 Å². The fraction of sp³-hybridized carbons (Fsp3) is 0.625. The van der Waals surface area contributed by atoms with Gasteiger partial charge in [0.1, 0.15) is 11.9 Å². The lowest BCUT2D eigenvalue weighted by molar-refractivity contribution is -0.0480. The predicted molar refractivity (Wildman–Crippen MR) is 78.2 cm³/mol. The summed E-state index contributed by atoms with van der Waals surface area (Å²) in [6, 6.07) is 3.54. The first-order valence-electron chi connectivity index (χ1n) is 7.37. The SMILES string of the molecule is Fc1ccc(OC2CC(Br)C23CCCCCC3)c(F)c1. The maximum Gasteiger partial charge on any atom is 0.167 e. The highest BCUT2D eigenvalue weighted by Crippen LogP contribution is 2.55. The number of halogens is 3. The van der Waals surface area contributed by atoms with Crippen LogP contribution in [0.3, 0.4) is 0 Å². The van der Waals surface area contributed by atoms with E-state index in [1.54, 1.807) is 0 Å². The summed E-state index contributed by atoms with van der Waals surface area (Å²) in [6.45, 7) is 0. The third-order valence-corrected chi connectivity index (χ3v) is 6.17. The average Bonchev–Trinajstić information content (AvgIpc) is 2.69. The van der Waals surface area contributed by atoms with Gasteiger partial charge in [-0.15, -0.1) is 0 Å². The smallest absolute Gasteiger partial charge is 0.167 e. The number of hydrogen-bond donors (Lipinski definition) is 0. The molecule has 2 saturated carbocycles. The molecule has 3 rings (SSSR count). The van der Waals surface area contributed by atoms with Crippen molar-refractivity contribution in [3.05, 3.63) is 29.8 Å². The van der Waals surface area contributed by atoms with Gasteiger partial charge < -0.3 is 4.74 Å². The number of hydrogen-bond acceptors (Lipinski definition) is 1. The Balaban J connectivity index is 1.76. The van der Waals surface area contributed by atoms with E-state index in [0.717, 1.165) is 25.3 Å². The summed E-state index contributed by atoms with van der Waals surface area (Å²) in [6.07, 6.45) is 8.20. The molecular formula is C16H19BrF2O. The molecule has 1 spiro atoms. The molecule has 0 aliphatic heterocycles. The van der Waals surface area contributed by atoms with E-state index in [9.17, 15) is 8.78 Å². The first-order valence-corrected chi connectivity index (χ1v) is 8.29. The van der Waals surface area contributed by atoms with E-state index >= 15 is 0 Å². The Morgan fingerprint density at radius 2 is 1.80 bits per heavy atom. The zero-order valence-corrected chi connectivity index (χ0v) is 13.0. The van der Waals surface area contributed by atoms with Crippen molar-refractivity contribution in [3.8, 4) is 5.75 Å². The molecule has 0 aromatic heterocycles. The van der Waals surface area contributed by atoms with E-state index in [-0.39, 0.29) is 17.3 Å². The van der Waals surface area contributed by atoms with Crippen LogP contribution in [0.4, 0.5) is 8.78 Å². The number of benzene rings is 1. The van der Waals surface area contributed by atoms with Gasteiger partial charge in [0, 0.05) is 16.3 Å². The predicted octanol–water partition coefficient (Wildman–Crippen LogP) is 5.22. The molecule has 2 fully saturated rings. The Kier molecular flexibility index (Phi) is 4.02. The highest BCUT2D eigenvalue weighted by atomic mass is 79.9. The summed E-state index contributed by atoms with van der Waals surface area (Å²) in [5.41, 5.74) is 0.136. The van der Waals surface area contributed by atoms with Crippen LogP contribution >= 0.6 is 15.9 Å². The Bertz CT molecular complexity index is 483. The van der Waals surface area contributed by atoms with Crippen LogP contribution in [0.5, 0.6) is 5.75 Å². The first-order chi connectivity index (χ1) is 9.62. The van der Waals surface area contributed by atoms with Crippen LogP contribution in [0, 0.1) is 17.0 Å². The van der Waals surface area contributed by atoms with Crippen molar-refractivity contribution in [1.82, 2.24) is 0 Å². The molecule has 2 aliphatic rings. The first kappa shape index (κ1) is 14.3. The lowest BCUT2D eigenvalue weighted by Gasteiger charge is -2.53. The molecule has 1 nitrogen and oxygen atoms in total. The van der Waals surface area contributed by atoms with Crippen LogP contribution in [-0.4, -0.2) is 10.9 Å². The van der Waals surface area contributed by atoms with Crippen molar-refractivity contribution < 1.29 is 13.5 Å². The minimum Gasteiger partial charge on any atom is -0.487 e. The zero-order chi connectivity index (χ0) is 14.2. The van der Waals surface area contributed by atoms with Crippen LogP contribution in [0.25, 0.3) is 0 Å². The summed E-state index contributed by atoms with van der Waals surface area (Å²) < 4.78 is 32.6. The van der Waals surface area contributed by atoms with Crippen molar-refractivity contribution in [2.24, 2.45) is 5.41 Å². The molecule has 0 bridgehead atoms. The monoisotopic (exact) mass is 344 g/mol. The Hall–Kier alpha value is -0.640. The maximum atomic E-state index is 13.7. The number of rotatable bonds is 2. The van der Waals surface area contributed by atoms with Gasteiger partial charge in [0.2, 0.25) is 0 Å². The molecule has 1 aromatic carbocycles. The van der Waals surface area contributed by atoms with Crippen molar-refractivity contribution in [3.63, 3.8) is 0 Å². The molecule has 0 N–H and O–H groups in total. The van der Waals surface area contributed by atoms with E-state index in [1.165, 1.54) is 37.8 Å². The maximum absolute atomic E-state index is 13.7. The van der Waals surface area contributed by atoms with E-state index in [0.29, 0.717) is 4.83 Å². The summed E-state index contributed by atoms with van der Waals surface area (Å²) in [5.74, 6) is -0.989. The van der Waals surface area contributed by atoms with Gasteiger partial charge in [-0.05, 0) is 31.4 Å². The highest BCUT2D eigenvalue weighted by molar-refractivity contribution is 9.09. The second-order valence-electron chi connectivity index (χ2n) is 6.03. The third kappa shape index (κ3) is 2.47. The van der Waals surface area contributed by atoms with Gasteiger partial charge in [-0.25, -0.2) is 8.78 Å². The zero-order valence-electron chi connectivity index (χ0n) is 11.4. The lowest BCUT2D eigenvalue weighted by atomic mass is 9.61. The third-order valence-electron chi connectivity index (χ3n) is 4.88. The average molecular weight is 345 g/mol. The van der Waals surface area contributed by atoms with E-state index in [1.807, 2.05) is 0 Å². The Labute approximate surface area is 126 Å². The highest BCUT2D eigenvalue weighted by Gasteiger charge is 2.55. The quantitative estimate of drug-likeness (QED) is 0.668. The molecule has 110 valence electrons. The fourth-order valence-corrected chi connectivity index (χ4v) is 4.70. The molecular weight excluding hydrogens is 326 g/mol. The molecule has 0 radical (unpaired) electrons. The summed E-state index contributed by atoms with van der Waals surface area (Å²) in [5, 5.41) is 0. The molecule has 4 heteroatoms. The standard InChI is InChI=1S/C16H19BrF2O/c17-14-10-15(16(14)7-3-1-2-4-8-16)20-13-6-5-11(18)9-12(13)19/h5-6,9,14-15H,1-4,7-8,10H2. The van der Waals surface area contributed by atoms with Gasteiger partial charge in [-0.2, -0.15) is 0 Å².